The summed E-state index contributed by atoms with van der Waals surface area (Å²) in [4.78, 5) is 20.1. The van der Waals surface area contributed by atoms with Crippen LogP contribution >= 0.6 is 0 Å². The quantitative estimate of drug-likeness (QED) is 0.501. The fourth-order valence-electron chi connectivity index (χ4n) is 2.35. The third-order valence-corrected chi connectivity index (χ3v) is 3.48. The van der Waals surface area contributed by atoms with Gasteiger partial charge in [-0.25, -0.2) is 0 Å². The van der Waals surface area contributed by atoms with E-state index in [9.17, 15) is 4.79 Å². The molecule has 0 atom stereocenters. The fraction of sp³-hybridized carbons (Fsp3) is 0.0588. The highest BCUT2D eigenvalue weighted by Gasteiger charge is 2.14. The molecular formula is C17H16N6O. The van der Waals surface area contributed by atoms with E-state index in [1.807, 2.05) is 25.1 Å². The summed E-state index contributed by atoms with van der Waals surface area (Å²) in [6.45, 7) is 1.93. The Labute approximate surface area is 138 Å². The maximum atomic E-state index is 11.6. The normalized spacial score (nSPS) is 11.7. The molecule has 3 aromatic rings. The highest BCUT2D eigenvalue weighted by Crippen LogP contribution is 2.26. The Hall–Kier alpha value is -3.48. The van der Waals surface area contributed by atoms with E-state index >= 15 is 0 Å². The minimum Gasteiger partial charge on any atom is -0.398 e. The third-order valence-electron chi connectivity index (χ3n) is 3.48. The van der Waals surface area contributed by atoms with Gasteiger partial charge in [-0.15, -0.1) is 0 Å². The predicted octanol–water partition coefficient (Wildman–Crippen LogP) is 2.07. The monoisotopic (exact) mass is 320 g/mol. The number of amides is 1. The van der Waals surface area contributed by atoms with Crippen LogP contribution in [0.3, 0.4) is 0 Å². The number of hydrogen-bond acceptors (Lipinski definition) is 5. The summed E-state index contributed by atoms with van der Waals surface area (Å²) in [5, 5.41) is 6.98. The standard InChI is InChI=1S/C17H16N6O/c1-10-8-11(23-22-10)4-2-3-5-12-15(18)13(17(19)24)9-14-16(12)21-7-6-20-14/h2-9H,18H2,1H3,(H2,19,24)(H,22,23)/b4-2-,5-3+. The van der Waals surface area contributed by atoms with Gasteiger partial charge in [0.15, 0.2) is 0 Å². The molecule has 0 bridgehead atoms. The number of rotatable bonds is 4. The molecule has 7 heteroatoms. The number of benzene rings is 1. The van der Waals surface area contributed by atoms with Gasteiger partial charge in [-0.05, 0) is 25.1 Å². The van der Waals surface area contributed by atoms with Crippen LogP contribution < -0.4 is 11.5 Å². The van der Waals surface area contributed by atoms with E-state index in [-0.39, 0.29) is 11.3 Å². The van der Waals surface area contributed by atoms with Gasteiger partial charge >= 0.3 is 0 Å². The Morgan fingerprint density at radius 1 is 1.17 bits per heavy atom. The molecule has 0 aliphatic rings. The number of carbonyl (C=O) groups excluding carboxylic acids is 1. The van der Waals surface area contributed by atoms with Crippen LogP contribution in [0, 0.1) is 6.92 Å². The fourth-order valence-corrected chi connectivity index (χ4v) is 2.35. The summed E-state index contributed by atoms with van der Waals surface area (Å²) in [6.07, 6.45) is 10.4. The Kier molecular flexibility index (Phi) is 4.07. The first kappa shape index (κ1) is 15.4. The number of anilines is 1. The summed E-state index contributed by atoms with van der Waals surface area (Å²) >= 11 is 0. The number of hydrogen-bond donors (Lipinski definition) is 3. The molecule has 3 rings (SSSR count). The van der Waals surface area contributed by atoms with Crippen molar-refractivity contribution in [2.75, 3.05) is 5.73 Å². The maximum absolute atomic E-state index is 11.6. The van der Waals surface area contributed by atoms with Crippen molar-refractivity contribution in [3.05, 3.63) is 59.2 Å². The summed E-state index contributed by atoms with van der Waals surface area (Å²) < 4.78 is 0. The molecule has 0 saturated carbocycles. The number of aryl methyl sites for hydroxylation is 1. The Morgan fingerprint density at radius 2 is 1.92 bits per heavy atom. The maximum Gasteiger partial charge on any atom is 0.250 e. The van der Waals surface area contributed by atoms with Crippen molar-refractivity contribution in [3.8, 4) is 0 Å². The number of nitrogens with zero attached hydrogens (tertiary/aromatic N) is 3. The van der Waals surface area contributed by atoms with Crippen molar-refractivity contribution in [2.45, 2.75) is 6.92 Å². The number of allylic oxidation sites excluding steroid dienone is 2. The number of primary amides is 1. The first-order chi connectivity index (χ1) is 11.6. The number of nitrogens with two attached hydrogens (primary N) is 2. The van der Waals surface area contributed by atoms with Gasteiger partial charge in [0.05, 0.1) is 28.0 Å². The van der Waals surface area contributed by atoms with E-state index in [4.69, 9.17) is 11.5 Å². The SMILES string of the molecule is Cc1cc(/C=C\C=C\c2c(N)c(C(N)=O)cc3nccnc23)n[nH]1. The minimum atomic E-state index is -0.600. The first-order valence-corrected chi connectivity index (χ1v) is 7.26. The summed E-state index contributed by atoms with van der Waals surface area (Å²) in [7, 11) is 0. The molecular weight excluding hydrogens is 304 g/mol. The van der Waals surface area contributed by atoms with Gasteiger partial charge < -0.3 is 11.5 Å². The van der Waals surface area contributed by atoms with Crippen molar-refractivity contribution >= 4 is 34.8 Å². The van der Waals surface area contributed by atoms with Crippen LogP contribution in [0.2, 0.25) is 0 Å². The van der Waals surface area contributed by atoms with E-state index < -0.39 is 5.91 Å². The highest BCUT2D eigenvalue weighted by molar-refractivity contribution is 6.05. The number of aromatic amines is 1. The number of nitrogen functional groups attached to an aromatic ring is 1. The molecule has 0 unspecified atom stereocenters. The van der Waals surface area contributed by atoms with Crippen LogP contribution in [-0.2, 0) is 0 Å². The number of carbonyl (C=O) groups is 1. The summed E-state index contributed by atoms with van der Waals surface area (Å²) in [5.74, 6) is -0.600. The lowest BCUT2D eigenvalue weighted by atomic mass is 10.0. The molecule has 2 aromatic heterocycles. The van der Waals surface area contributed by atoms with Crippen molar-refractivity contribution in [3.63, 3.8) is 0 Å². The lowest BCUT2D eigenvalue weighted by Gasteiger charge is -2.08. The molecule has 24 heavy (non-hydrogen) atoms. The van der Waals surface area contributed by atoms with Crippen LogP contribution in [-0.4, -0.2) is 26.1 Å². The zero-order valence-corrected chi connectivity index (χ0v) is 13.0. The molecule has 1 aromatic carbocycles. The molecule has 0 aliphatic carbocycles. The molecule has 0 fully saturated rings. The van der Waals surface area contributed by atoms with Gasteiger partial charge in [0.1, 0.15) is 0 Å². The van der Waals surface area contributed by atoms with Crippen LogP contribution in [0.5, 0.6) is 0 Å². The van der Waals surface area contributed by atoms with E-state index in [2.05, 4.69) is 20.2 Å². The Balaban J connectivity index is 2.01. The van der Waals surface area contributed by atoms with Gasteiger partial charge in [0, 0.05) is 23.7 Å². The van der Waals surface area contributed by atoms with Crippen LogP contribution in [0.1, 0.15) is 27.3 Å². The lowest BCUT2D eigenvalue weighted by Crippen LogP contribution is -2.14. The Morgan fingerprint density at radius 3 is 2.62 bits per heavy atom. The summed E-state index contributed by atoms with van der Waals surface area (Å²) in [5.41, 5.74) is 15.6. The molecule has 0 spiro atoms. The predicted molar refractivity (Wildman–Crippen MR) is 93.9 cm³/mol. The second kappa shape index (κ2) is 6.33. The van der Waals surface area contributed by atoms with Gasteiger partial charge in [-0.2, -0.15) is 5.10 Å². The van der Waals surface area contributed by atoms with E-state index in [1.54, 1.807) is 30.6 Å². The van der Waals surface area contributed by atoms with Crippen LogP contribution in [0.15, 0.2) is 36.7 Å². The molecule has 0 saturated heterocycles. The van der Waals surface area contributed by atoms with E-state index in [0.29, 0.717) is 16.6 Å². The molecule has 120 valence electrons. The molecule has 0 aliphatic heterocycles. The number of nitrogens with one attached hydrogen (secondary N) is 1. The van der Waals surface area contributed by atoms with Crippen molar-refractivity contribution in [1.82, 2.24) is 20.2 Å². The zero-order chi connectivity index (χ0) is 17.1. The van der Waals surface area contributed by atoms with Crippen LogP contribution in [0.4, 0.5) is 5.69 Å². The largest absolute Gasteiger partial charge is 0.398 e. The van der Waals surface area contributed by atoms with E-state index in [1.165, 1.54) is 0 Å². The van der Waals surface area contributed by atoms with Gasteiger partial charge in [0.25, 0.3) is 5.91 Å². The molecule has 7 nitrogen and oxygen atoms in total. The Bertz CT molecular complexity index is 970. The highest BCUT2D eigenvalue weighted by atomic mass is 16.1. The van der Waals surface area contributed by atoms with Gasteiger partial charge in [-0.3, -0.25) is 19.9 Å². The zero-order valence-electron chi connectivity index (χ0n) is 13.0. The van der Waals surface area contributed by atoms with Crippen molar-refractivity contribution in [2.24, 2.45) is 5.73 Å². The average molecular weight is 320 g/mol. The van der Waals surface area contributed by atoms with Crippen LogP contribution in [0.25, 0.3) is 23.2 Å². The molecule has 5 N–H and O–H groups in total. The average Bonchev–Trinajstić information content (AvgIpc) is 2.98. The third kappa shape index (κ3) is 3.00. The first-order valence-electron chi connectivity index (χ1n) is 7.26. The molecule has 0 radical (unpaired) electrons. The number of aromatic nitrogens is 4. The smallest absolute Gasteiger partial charge is 0.250 e. The lowest BCUT2D eigenvalue weighted by molar-refractivity contribution is 0.100. The van der Waals surface area contributed by atoms with Gasteiger partial charge in [0.2, 0.25) is 0 Å². The number of H-pyrrole nitrogens is 1. The minimum absolute atomic E-state index is 0.231. The topological polar surface area (TPSA) is 124 Å². The summed E-state index contributed by atoms with van der Waals surface area (Å²) in [6, 6.07) is 3.48. The van der Waals surface area contributed by atoms with E-state index in [0.717, 1.165) is 11.4 Å². The van der Waals surface area contributed by atoms with Gasteiger partial charge in [-0.1, -0.05) is 18.2 Å². The molecule has 1 amide bonds. The number of fused-ring (bicyclic) bond motifs is 1. The van der Waals surface area contributed by atoms with Crippen molar-refractivity contribution < 1.29 is 4.79 Å². The molecule has 2 heterocycles. The van der Waals surface area contributed by atoms with Crippen molar-refractivity contribution in [1.29, 1.82) is 0 Å². The second-order valence-electron chi connectivity index (χ2n) is 5.23. The second-order valence-corrected chi connectivity index (χ2v) is 5.23.